The van der Waals surface area contributed by atoms with E-state index in [1.54, 1.807) is 0 Å². The van der Waals surface area contributed by atoms with Crippen LogP contribution in [0.1, 0.15) is 39.5 Å². The normalized spacial score (nSPS) is 35.3. The first-order valence-electron chi connectivity index (χ1n) is 4.02. The number of hydrogen-bond donors (Lipinski definition) is 1. The standard InChI is InChI=1S/C8H17N/c1-3-5-8(2)6-4-7-9-8/h9H,3-7H2,1-2H3. The van der Waals surface area contributed by atoms with Crippen LogP contribution >= 0.6 is 0 Å². The molecule has 0 bridgehead atoms. The molecular formula is C8H17N. The van der Waals surface area contributed by atoms with Crippen molar-refractivity contribution in [2.75, 3.05) is 6.54 Å². The number of hydrogen-bond acceptors (Lipinski definition) is 1. The molecule has 1 nitrogen and oxygen atoms in total. The lowest BCUT2D eigenvalue weighted by atomic mass is 9.95. The molecule has 0 amide bonds. The topological polar surface area (TPSA) is 12.0 Å². The van der Waals surface area contributed by atoms with E-state index in [1.165, 1.54) is 32.2 Å². The summed E-state index contributed by atoms with van der Waals surface area (Å²) in [6.45, 7) is 5.82. The van der Waals surface area contributed by atoms with Crippen LogP contribution in [0.15, 0.2) is 0 Å². The van der Waals surface area contributed by atoms with E-state index in [0.717, 1.165) is 0 Å². The second kappa shape index (κ2) is 2.70. The Morgan fingerprint density at radius 1 is 1.56 bits per heavy atom. The Kier molecular flexibility index (Phi) is 2.12. The van der Waals surface area contributed by atoms with Crippen molar-refractivity contribution in [1.82, 2.24) is 5.32 Å². The van der Waals surface area contributed by atoms with Gasteiger partial charge in [-0.05, 0) is 32.7 Å². The quantitative estimate of drug-likeness (QED) is 0.597. The van der Waals surface area contributed by atoms with Crippen molar-refractivity contribution in [3.05, 3.63) is 0 Å². The summed E-state index contributed by atoms with van der Waals surface area (Å²) in [7, 11) is 0. The molecule has 1 rings (SSSR count). The van der Waals surface area contributed by atoms with E-state index in [1.807, 2.05) is 0 Å². The molecule has 1 heteroatoms. The van der Waals surface area contributed by atoms with Crippen LogP contribution < -0.4 is 5.32 Å². The van der Waals surface area contributed by atoms with Gasteiger partial charge in [0.2, 0.25) is 0 Å². The van der Waals surface area contributed by atoms with Crippen molar-refractivity contribution in [3.63, 3.8) is 0 Å². The highest BCUT2D eigenvalue weighted by Crippen LogP contribution is 2.22. The Morgan fingerprint density at radius 3 is 2.78 bits per heavy atom. The van der Waals surface area contributed by atoms with Crippen molar-refractivity contribution >= 4 is 0 Å². The van der Waals surface area contributed by atoms with Gasteiger partial charge in [0, 0.05) is 5.54 Å². The average Bonchev–Trinajstić information content (AvgIpc) is 2.16. The van der Waals surface area contributed by atoms with Crippen LogP contribution in [-0.4, -0.2) is 12.1 Å². The van der Waals surface area contributed by atoms with E-state index in [4.69, 9.17) is 0 Å². The molecule has 1 heterocycles. The summed E-state index contributed by atoms with van der Waals surface area (Å²) in [6.07, 6.45) is 5.40. The van der Waals surface area contributed by atoms with Crippen LogP contribution in [0.5, 0.6) is 0 Å². The van der Waals surface area contributed by atoms with Crippen LogP contribution in [0.4, 0.5) is 0 Å². The fourth-order valence-electron chi connectivity index (χ4n) is 1.72. The van der Waals surface area contributed by atoms with Crippen molar-refractivity contribution in [2.24, 2.45) is 0 Å². The fourth-order valence-corrected chi connectivity index (χ4v) is 1.72. The predicted octanol–water partition coefficient (Wildman–Crippen LogP) is 1.93. The maximum absolute atomic E-state index is 3.53. The minimum absolute atomic E-state index is 0.495. The molecule has 9 heavy (non-hydrogen) atoms. The average molecular weight is 127 g/mol. The molecule has 1 fully saturated rings. The largest absolute Gasteiger partial charge is 0.312 e. The van der Waals surface area contributed by atoms with Crippen LogP contribution in [-0.2, 0) is 0 Å². The van der Waals surface area contributed by atoms with Gasteiger partial charge in [0.05, 0.1) is 0 Å². The van der Waals surface area contributed by atoms with E-state index < -0.39 is 0 Å². The lowest BCUT2D eigenvalue weighted by Gasteiger charge is -2.22. The summed E-state index contributed by atoms with van der Waals surface area (Å²) in [5.41, 5.74) is 0.495. The zero-order valence-electron chi connectivity index (χ0n) is 6.54. The Hall–Kier alpha value is -0.0400. The molecule has 54 valence electrons. The van der Waals surface area contributed by atoms with Gasteiger partial charge in [0.1, 0.15) is 0 Å². The van der Waals surface area contributed by atoms with Gasteiger partial charge < -0.3 is 5.32 Å². The lowest BCUT2D eigenvalue weighted by Crippen LogP contribution is -2.35. The van der Waals surface area contributed by atoms with Gasteiger partial charge >= 0.3 is 0 Å². The van der Waals surface area contributed by atoms with Crippen molar-refractivity contribution in [3.8, 4) is 0 Å². The summed E-state index contributed by atoms with van der Waals surface area (Å²) >= 11 is 0. The van der Waals surface area contributed by atoms with Gasteiger partial charge in [-0.1, -0.05) is 13.3 Å². The molecule has 0 aromatic rings. The maximum Gasteiger partial charge on any atom is 0.0153 e. The summed E-state index contributed by atoms with van der Waals surface area (Å²) in [4.78, 5) is 0. The Labute approximate surface area is 57.8 Å². The van der Waals surface area contributed by atoms with Crippen LogP contribution in [0.2, 0.25) is 0 Å². The van der Waals surface area contributed by atoms with Gasteiger partial charge in [-0.25, -0.2) is 0 Å². The lowest BCUT2D eigenvalue weighted by molar-refractivity contribution is 0.380. The number of rotatable bonds is 2. The molecule has 0 spiro atoms. The van der Waals surface area contributed by atoms with E-state index in [-0.39, 0.29) is 0 Å². The highest BCUT2D eigenvalue weighted by Gasteiger charge is 2.25. The Balaban J connectivity index is 2.32. The third-order valence-corrected chi connectivity index (χ3v) is 2.26. The fraction of sp³-hybridized carbons (Fsp3) is 1.00. The zero-order chi connectivity index (χ0) is 6.74. The van der Waals surface area contributed by atoms with Gasteiger partial charge in [0.25, 0.3) is 0 Å². The second-order valence-corrected chi connectivity index (χ2v) is 3.34. The third-order valence-electron chi connectivity index (χ3n) is 2.26. The molecule has 0 aromatic carbocycles. The Morgan fingerprint density at radius 2 is 2.33 bits per heavy atom. The summed E-state index contributed by atoms with van der Waals surface area (Å²) in [5, 5.41) is 3.53. The first kappa shape index (κ1) is 7.07. The van der Waals surface area contributed by atoms with Crippen LogP contribution in [0, 0.1) is 0 Å². The van der Waals surface area contributed by atoms with E-state index >= 15 is 0 Å². The monoisotopic (exact) mass is 127 g/mol. The minimum atomic E-state index is 0.495. The zero-order valence-corrected chi connectivity index (χ0v) is 6.54. The molecule has 1 atom stereocenters. The van der Waals surface area contributed by atoms with E-state index in [0.29, 0.717) is 5.54 Å². The van der Waals surface area contributed by atoms with Crippen LogP contribution in [0.3, 0.4) is 0 Å². The first-order valence-corrected chi connectivity index (χ1v) is 4.02. The molecular weight excluding hydrogens is 110 g/mol. The van der Waals surface area contributed by atoms with E-state index in [9.17, 15) is 0 Å². The van der Waals surface area contributed by atoms with Gasteiger partial charge in [0.15, 0.2) is 0 Å². The first-order chi connectivity index (χ1) is 4.27. The smallest absolute Gasteiger partial charge is 0.0153 e. The number of nitrogens with one attached hydrogen (secondary N) is 1. The van der Waals surface area contributed by atoms with Crippen molar-refractivity contribution in [1.29, 1.82) is 0 Å². The van der Waals surface area contributed by atoms with Gasteiger partial charge in [-0.2, -0.15) is 0 Å². The predicted molar refractivity (Wildman–Crippen MR) is 40.5 cm³/mol. The molecule has 1 unspecified atom stereocenters. The highest BCUT2D eigenvalue weighted by atomic mass is 15.0. The molecule has 0 radical (unpaired) electrons. The van der Waals surface area contributed by atoms with Gasteiger partial charge in [-0.3, -0.25) is 0 Å². The molecule has 0 aromatic heterocycles. The highest BCUT2D eigenvalue weighted by molar-refractivity contribution is 4.87. The third kappa shape index (κ3) is 1.68. The molecule has 1 N–H and O–H groups in total. The molecule has 0 saturated carbocycles. The summed E-state index contributed by atoms with van der Waals surface area (Å²) in [5.74, 6) is 0. The van der Waals surface area contributed by atoms with Crippen LogP contribution in [0.25, 0.3) is 0 Å². The SMILES string of the molecule is CCCC1(C)CCCN1. The summed E-state index contributed by atoms with van der Waals surface area (Å²) in [6, 6.07) is 0. The molecule has 0 aliphatic carbocycles. The minimum Gasteiger partial charge on any atom is -0.312 e. The van der Waals surface area contributed by atoms with E-state index in [2.05, 4.69) is 19.2 Å². The van der Waals surface area contributed by atoms with Crippen molar-refractivity contribution < 1.29 is 0 Å². The molecule has 1 aliphatic rings. The molecule has 1 aliphatic heterocycles. The Bertz CT molecular complexity index is 82.6. The summed E-state index contributed by atoms with van der Waals surface area (Å²) < 4.78 is 0. The second-order valence-electron chi connectivity index (χ2n) is 3.34. The van der Waals surface area contributed by atoms with Crippen molar-refractivity contribution in [2.45, 2.75) is 45.1 Å². The molecule has 1 saturated heterocycles. The van der Waals surface area contributed by atoms with Gasteiger partial charge in [-0.15, -0.1) is 0 Å². The maximum atomic E-state index is 3.53.